The lowest BCUT2D eigenvalue weighted by Gasteiger charge is -2.23. The maximum atomic E-state index is 13.4. The predicted octanol–water partition coefficient (Wildman–Crippen LogP) is 2.41. The summed E-state index contributed by atoms with van der Waals surface area (Å²) in [4.78, 5) is 24.7. The number of hydrogen-bond donors (Lipinski definition) is 3. The molecule has 36 heavy (non-hydrogen) atoms. The van der Waals surface area contributed by atoms with Crippen LogP contribution < -0.4 is 10.1 Å². The van der Waals surface area contributed by atoms with E-state index in [0.717, 1.165) is 18.4 Å². The first kappa shape index (κ1) is 28.2. The van der Waals surface area contributed by atoms with Crippen molar-refractivity contribution in [2.75, 3.05) is 12.4 Å². The van der Waals surface area contributed by atoms with Crippen LogP contribution in [0.2, 0.25) is 5.02 Å². The molecule has 11 heteroatoms. The third-order valence-electron chi connectivity index (χ3n) is 6.31. The van der Waals surface area contributed by atoms with Crippen molar-refractivity contribution < 1.29 is 32.8 Å². The van der Waals surface area contributed by atoms with Crippen molar-refractivity contribution in [3.63, 3.8) is 0 Å². The van der Waals surface area contributed by atoms with Gasteiger partial charge in [0.15, 0.2) is 15.6 Å². The van der Waals surface area contributed by atoms with Gasteiger partial charge in [0.25, 0.3) is 0 Å². The minimum absolute atomic E-state index is 0. The van der Waals surface area contributed by atoms with Gasteiger partial charge in [-0.15, -0.1) is 0 Å². The second kappa shape index (κ2) is 11.8. The zero-order valence-electron chi connectivity index (χ0n) is 19.0. The van der Waals surface area contributed by atoms with E-state index >= 15 is 0 Å². The van der Waals surface area contributed by atoms with Gasteiger partial charge in [0.2, 0.25) is 5.91 Å². The van der Waals surface area contributed by atoms with Crippen LogP contribution >= 0.6 is 11.6 Å². The van der Waals surface area contributed by atoms with Gasteiger partial charge < -0.3 is 20.1 Å². The van der Waals surface area contributed by atoms with E-state index in [1.165, 1.54) is 12.1 Å². The first-order valence-electron chi connectivity index (χ1n) is 11.5. The molecule has 194 valence electrons. The summed E-state index contributed by atoms with van der Waals surface area (Å²) in [5.74, 6) is -2.53. The molecule has 0 radical (unpaired) electrons. The molecule has 0 bridgehead atoms. The minimum atomic E-state index is -4.05. The molecule has 2 aromatic carbocycles. The van der Waals surface area contributed by atoms with E-state index in [1.54, 1.807) is 24.3 Å². The van der Waals surface area contributed by atoms with Crippen LogP contribution in [0.3, 0.4) is 0 Å². The van der Waals surface area contributed by atoms with Gasteiger partial charge in [0.1, 0.15) is 12.4 Å². The molecule has 2 aliphatic rings. The normalized spacial score (nSPS) is 16.7. The lowest BCUT2D eigenvalue weighted by molar-refractivity contribution is -0.125. The number of Topliss-reactive ketones (excluding diaryl/α,β-unsaturated/α-hetero) is 1. The van der Waals surface area contributed by atoms with Crippen LogP contribution in [-0.4, -0.2) is 55.6 Å². The summed E-state index contributed by atoms with van der Waals surface area (Å²) in [6.45, 7) is -0.140. The summed E-state index contributed by atoms with van der Waals surface area (Å²) >= 11 is 6.29. The fourth-order valence-corrected chi connectivity index (χ4v) is 6.42. The van der Waals surface area contributed by atoms with Gasteiger partial charge >= 0.3 is 7.12 Å². The van der Waals surface area contributed by atoms with Gasteiger partial charge in [-0.3, -0.25) is 9.59 Å². The molecular formula is C25H31BClNO7S. The predicted molar refractivity (Wildman–Crippen MR) is 138 cm³/mol. The van der Waals surface area contributed by atoms with Gasteiger partial charge in [-0.05, 0) is 30.4 Å². The number of carbonyl (C=O) groups is 2. The van der Waals surface area contributed by atoms with Crippen molar-refractivity contribution in [2.24, 2.45) is 11.8 Å². The molecule has 0 aromatic heterocycles. The fraction of sp³-hybridized carbons (Fsp3) is 0.440. The molecule has 2 atom stereocenters. The Kier molecular flexibility index (Phi) is 9.21. The molecule has 1 amide bonds. The highest BCUT2D eigenvalue weighted by Crippen LogP contribution is 2.35. The van der Waals surface area contributed by atoms with Crippen LogP contribution in [-0.2, 0) is 32.3 Å². The SMILES string of the molecule is C.O=C1COc2cc(S(=O)(=O)C[C@@H](Cc3ccccc3)C(=O)N[C@@H](CC3CC3)B(O)O)c(Cl)cc2C1. The van der Waals surface area contributed by atoms with Crippen LogP contribution in [0, 0.1) is 11.8 Å². The number of rotatable bonds is 10. The Bertz CT molecular complexity index is 1200. The summed E-state index contributed by atoms with van der Waals surface area (Å²) < 4.78 is 32.2. The summed E-state index contributed by atoms with van der Waals surface area (Å²) in [6, 6.07) is 11.7. The van der Waals surface area contributed by atoms with E-state index < -0.39 is 40.5 Å². The number of ketones is 1. The fourth-order valence-electron chi connectivity index (χ4n) is 4.26. The Hall–Kier alpha value is -2.40. The molecule has 0 saturated heterocycles. The highest BCUT2D eigenvalue weighted by atomic mass is 35.5. The molecule has 4 rings (SSSR count). The van der Waals surface area contributed by atoms with Crippen LogP contribution in [0.25, 0.3) is 0 Å². The molecule has 3 N–H and O–H groups in total. The first-order chi connectivity index (χ1) is 16.6. The van der Waals surface area contributed by atoms with Gasteiger partial charge in [0.05, 0.1) is 27.5 Å². The van der Waals surface area contributed by atoms with Crippen LogP contribution in [0.4, 0.5) is 0 Å². The summed E-state index contributed by atoms with van der Waals surface area (Å²) in [6.07, 6.45) is 2.59. The number of benzene rings is 2. The number of sulfone groups is 1. The van der Waals surface area contributed by atoms with Crippen molar-refractivity contribution in [1.82, 2.24) is 5.32 Å². The van der Waals surface area contributed by atoms with Gasteiger partial charge in [0, 0.05) is 18.1 Å². The van der Waals surface area contributed by atoms with Gasteiger partial charge in [-0.2, -0.15) is 0 Å². The Balaban J connectivity index is 0.00000361. The van der Waals surface area contributed by atoms with Gasteiger partial charge in [-0.25, -0.2) is 8.42 Å². The Labute approximate surface area is 217 Å². The first-order valence-corrected chi connectivity index (χ1v) is 13.6. The second-order valence-electron chi connectivity index (χ2n) is 9.27. The summed E-state index contributed by atoms with van der Waals surface area (Å²) in [5.41, 5.74) is 1.29. The quantitative estimate of drug-likeness (QED) is 0.398. The lowest BCUT2D eigenvalue weighted by atomic mass is 9.76. The van der Waals surface area contributed by atoms with Gasteiger partial charge in [-0.1, -0.05) is 62.2 Å². The van der Waals surface area contributed by atoms with Crippen molar-refractivity contribution in [3.8, 4) is 5.75 Å². The average molecular weight is 536 g/mol. The molecule has 1 aliphatic heterocycles. The molecule has 1 fully saturated rings. The van der Waals surface area contributed by atoms with E-state index in [2.05, 4.69) is 5.32 Å². The van der Waals surface area contributed by atoms with Crippen molar-refractivity contribution in [3.05, 3.63) is 58.6 Å². The topological polar surface area (TPSA) is 130 Å². The van der Waals surface area contributed by atoms with Crippen molar-refractivity contribution in [2.45, 2.75) is 50.4 Å². The van der Waals surface area contributed by atoms with Crippen LogP contribution in [0.15, 0.2) is 47.4 Å². The van der Waals surface area contributed by atoms with E-state index in [9.17, 15) is 28.1 Å². The highest BCUT2D eigenvalue weighted by Gasteiger charge is 2.36. The van der Waals surface area contributed by atoms with E-state index in [1.807, 2.05) is 6.07 Å². The van der Waals surface area contributed by atoms with Crippen molar-refractivity contribution >= 4 is 40.2 Å². The molecule has 1 saturated carbocycles. The summed E-state index contributed by atoms with van der Waals surface area (Å²) in [5, 5.41) is 22.1. The molecule has 0 spiro atoms. The monoisotopic (exact) mass is 535 g/mol. The van der Waals surface area contributed by atoms with Crippen molar-refractivity contribution in [1.29, 1.82) is 0 Å². The minimum Gasteiger partial charge on any atom is -0.485 e. The second-order valence-corrected chi connectivity index (χ2v) is 11.7. The van der Waals surface area contributed by atoms with E-state index in [4.69, 9.17) is 16.3 Å². The number of carbonyl (C=O) groups excluding carboxylic acids is 2. The number of amides is 1. The van der Waals surface area contributed by atoms with Crippen LogP contribution in [0.5, 0.6) is 5.75 Å². The average Bonchev–Trinajstić information content (AvgIpc) is 3.62. The smallest absolute Gasteiger partial charge is 0.475 e. The molecule has 1 aliphatic carbocycles. The maximum absolute atomic E-state index is 13.4. The van der Waals surface area contributed by atoms with E-state index in [0.29, 0.717) is 17.9 Å². The molecule has 2 aromatic rings. The van der Waals surface area contributed by atoms with E-state index in [-0.39, 0.29) is 48.3 Å². The lowest BCUT2D eigenvalue weighted by Crippen LogP contribution is -2.50. The zero-order valence-corrected chi connectivity index (χ0v) is 20.6. The molecule has 1 heterocycles. The molecule has 8 nitrogen and oxygen atoms in total. The number of nitrogens with one attached hydrogen (secondary N) is 1. The summed E-state index contributed by atoms with van der Waals surface area (Å²) in [7, 11) is -5.80. The number of halogens is 1. The Morgan fingerprint density at radius 3 is 2.53 bits per heavy atom. The number of fused-ring (bicyclic) bond motifs is 1. The Morgan fingerprint density at radius 1 is 1.19 bits per heavy atom. The third kappa shape index (κ3) is 7.09. The highest BCUT2D eigenvalue weighted by molar-refractivity contribution is 7.91. The standard InChI is InChI=1S/C24H27BClNO7S.CH4/c26-20-11-17-10-19(28)13-34-21(17)12-22(20)35(32,33)14-18(8-15-4-2-1-3-5-15)24(29)27-23(25(30)31)9-16-6-7-16;/h1-5,11-12,16,18,23,30-31H,6-10,13-14H2,(H,27,29);1H4/t18-,23+;/m1./s1. The molecular weight excluding hydrogens is 505 g/mol. The Morgan fingerprint density at radius 2 is 1.89 bits per heavy atom. The number of ether oxygens (including phenoxy) is 1. The van der Waals surface area contributed by atoms with Crippen LogP contribution in [0.1, 0.15) is 37.8 Å². The zero-order chi connectivity index (χ0) is 25.2. The third-order valence-corrected chi connectivity index (χ3v) is 8.59. The maximum Gasteiger partial charge on any atom is 0.475 e. The number of hydrogen-bond acceptors (Lipinski definition) is 7. The largest absolute Gasteiger partial charge is 0.485 e. The molecule has 0 unspecified atom stereocenters.